The van der Waals surface area contributed by atoms with Gasteiger partial charge in [0.1, 0.15) is 6.33 Å². The molecule has 1 N–H and O–H groups in total. The van der Waals surface area contributed by atoms with Crippen LogP contribution in [0.2, 0.25) is 5.15 Å². The van der Waals surface area contributed by atoms with Gasteiger partial charge in [-0.3, -0.25) is 0 Å². The number of aromatic nitrogens is 2. The molecular formula is C13H13BrClN3O. The van der Waals surface area contributed by atoms with Crippen LogP contribution in [0.3, 0.4) is 0 Å². The minimum absolute atomic E-state index is 0.285. The molecule has 0 saturated carbocycles. The first-order valence-corrected chi connectivity index (χ1v) is 6.78. The number of halogens is 2. The summed E-state index contributed by atoms with van der Waals surface area (Å²) < 4.78 is 6.27. The molecule has 1 aromatic heterocycles. The minimum atomic E-state index is 0.285. The standard InChI is InChI=1S/C13H13BrClN3O/c1-7-4-9(14)5-8(2)10(7)18-13-11(19-3)12(15)16-6-17-13/h4-6H,1-3H3,(H,16,17,18). The largest absolute Gasteiger partial charge is 0.490 e. The molecule has 0 bridgehead atoms. The second kappa shape index (κ2) is 5.75. The molecule has 6 heteroatoms. The molecule has 0 aliphatic heterocycles. The molecule has 0 aliphatic rings. The first-order valence-electron chi connectivity index (χ1n) is 5.61. The summed E-state index contributed by atoms with van der Waals surface area (Å²) in [7, 11) is 1.54. The van der Waals surface area contributed by atoms with Crippen LogP contribution < -0.4 is 10.1 Å². The van der Waals surface area contributed by atoms with Gasteiger partial charge in [-0.2, -0.15) is 0 Å². The van der Waals surface area contributed by atoms with Crippen LogP contribution in [-0.2, 0) is 0 Å². The van der Waals surface area contributed by atoms with Crippen molar-refractivity contribution < 1.29 is 4.74 Å². The molecule has 0 aliphatic carbocycles. The Kier molecular flexibility index (Phi) is 4.27. The summed E-state index contributed by atoms with van der Waals surface area (Å²) in [5.41, 5.74) is 3.18. The number of rotatable bonds is 3. The van der Waals surface area contributed by atoms with Crippen LogP contribution in [0.15, 0.2) is 22.9 Å². The molecule has 4 nitrogen and oxygen atoms in total. The van der Waals surface area contributed by atoms with Gasteiger partial charge in [-0.25, -0.2) is 9.97 Å². The molecule has 0 unspecified atom stereocenters. The maximum absolute atomic E-state index is 5.98. The van der Waals surface area contributed by atoms with Crippen molar-refractivity contribution in [1.29, 1.82) is 0 Å². The lowest BCUT2D eigenvalue weighted by Crippen LogP contribution is -2.02. The third-order valence-corrected chi connectivity index (χ3v) is 3.43. The van der Waals surface area contributed by atoms with Crippen molar-refractivity contribution in [1.82, 2.24) is 9.97 Å². The molecule has 0 amide bonds. The van der Waals surface area contributed by atoms with Gasteiger partial charge in [-0.1, -0.05) is 27.5 Å². The molecule has 100 valence electrons. The predicted molar refractivity (Wildman–Crippen MR) is 80.5 cm³/mol. The third-order valence-electron chi connectivity index (χ3n) is 2.71. The van der Waals surface area contributed by atoms with E-state index in [0.717, 1.165) is 21.3 Å². The van der Waals surface area contributed by atoms with Gasteiger partial charge in [0, 0.05) is 10.2 Å². The van der Waals surface area contributed by atoms with Crippen LogP contribution in [0, 0.1) is 13.8 Å². The summed E-state index contributed by atoms with van der Waals surface area (Å²) in [6.45, 7) is 4.05. The van der Waals surface area contributed by atoms with Gasteiger partial charge >= 0.3 is 0 Å². The summed E-state index contributed by atoms with van der Waals surface area (Å²) in [5.74, 6) is 0.988. The Morgan fingerprint density at radius 1 is 1.21 bits per heavy atom. The first-order chi connectivity index (χ1) is 9.02. The van der Waals surface area contributed by atoms with E-state index in [0.29, 0.717) is 11.6 Å². The summed E-state index contributed by atoms with van der Waals surface area (Å²) in [6.07, 6.45) is 1.40. The van der Waals surface area contributed by atoms with E-state index >= 15 is 0 Å². The SMILES string of the molecule is COc1c(Cl)ncnc1Nc1c(C)cc(Br)cc1C. The number of hydrogen-bond acceptors (Lipinski definition) is 4. The molecule has 19 heavy (non-hydrogen) atoms. The maximum atomic E-state index is 5.98. The molecular weight excluding hydrogens is 330 g/mol. The van der Waals surface area contributed by atoms with E-state index in [-0.39, 0.29) is 5.15 Å². The second-order valence-corrected chi connectivity index (χ2v) is 5.36. The number of hydrogen-bond donors (Lipinski definition) is 1. The van der Waals surface area contributed by atoms with Crippen molar-refractivity contribution in [2.75, 3.05) is 12.4 Å². The van der Waals surface area contributed by atoms with E-state index in [1.807, 2.05) is 26.0 Å². The Labute approximate surface area is 125 Å². The Bertz CT molecular complexity index is 596. The molecule has 0 fully saturated rings. The second-order valence-electron chi connectivity index (χ2n) is 4.09. The Morgan fingerprint density at radius 2 is 1.84 bits per heavy atom. The van der Waals surface area contributed by atoms with Gasteiger partial charge in [0.25, 0.3) is 0 Å². The quantitative estimate of drug-likeness (QED) is 0.847. The van der Waals surface area contributed by atoms with Gasteiger partial charge in [-0.05, 0) is 37.1 Å². The smallest absolute Gasteiger partial charge is 0.199 e. The van der Waals surface area contributed by atoms with Crippen molar-refractivity contribution in [3.8, 4) is 5.75 Å². The molecule has 0 radical (unpaired) electrons. The van der Waals surface area contributed by atoms with Crippen molar-refractivity contribution in [3.05, 3.63) is 39.2 Å². The van der Waals surface area contributed by atoms with Crippen LogP contribution in [0.1, 0.15) is 11.1 Å². The summed E-state index contributed by atoms with van der Waals surface area (Å²) in [5, 5.41) is 3.53. The van der Waals surface area contributed by atoms with Crippen LogP contribution in [0.5, 0.6) is 5.75 Å². The van der Waals surface area contributed by atoms with Crippen LogP contribution in [0.4, 0.5) is 11.5 Å². The Morgan fingerprint density at radius 3 is 2.42 bits per heavy atom. The summed E-state index contributed by atoms with van der Waals surface area (Å²) in [4.78, 5) is 8.06. The lowest BCUT2D eigenvalue weighted by molar-refractivity contribution is 0.413. The van der Waals surface area contributed by atoms with Crippen molar-refractivity contribution in [2.45, 2.75) is 13.8 Å². The molecule has 0 atom stereocenters. The monoisotopic (exact) mass is 341 g/mol. The topological polar surface area (TPSA) is 47.0 Å². The highest BCUT2D eigenvalue weighted by atomic mass is 79.9. The van der Waals surface area contributed by atoms with Gasteiger partial charge in [-0.15, -0.1) is 0 Å². The van der Waals surface area contributed by atoms with Crippen LogP contribution in [-0.4, -0.2) is 17.1 Å². The lowest BCUT2D eigenvalue weighted by atomic mass is 10.1. The van der Waals surface area contributed by atoms with E-state index in [4.69, 9.17) is 16.3 Å². The highest BCUT2D eigenvalue weighted by Gasteiger charge is 2.12. The molecule has 2 aromatic rings. The van der Waals surface area contributed by atoms with Gasteiger partial charge in [0.05, 0.1) is 7.11 Å². The number of ether oxygens (including phenoxy) is 1. The molecule has 0 saturated heterocycles. The number of nitrogens with zero attached hydrogens (tertiary/aromatic N) is 2. The van der Waals surface area contributed by atoms with Crippen LogP contribution >= 0.6 is 27.5 Å². The first kappa shape index (κ1) is 14.1. The normalized spacial score (nSPS) is 10.4. The fourth-order valence-corrected chi connectivity index (χ4v) is 2.75. The Balaban J connectivity index is 2.45. The van der Waals surface area contributed by atoms with E-state index < -0.39 is 0 Å². The zero-order valence-corrected chi connectivity index (χ0v) is 13.1. The van der Waals surface area contributed by atoms with Gasteiger partial charge in [0.15, 0.2) is 16.7 Å². The highest BCUT2D eigenvalue weighted by Crippen LogP contribution is 2.33. The van der Waals surface area contributed by atoms with E-state index in [2.05, 4.69) is 31.2 Å². The Hall–Kier alpha value is -1.33. The number of aryl methyl sites for hydroxylation is 2. The number of nitrogens with one attached hydrogen (secondary N) is 1. The molecule has 0 spiro atoms. The molecule has 2 rings (SSSR count). The predicted octanol–water partition coefficient (Wildman–Crippen LogP) is 4.26. The van der Waals surface area contributed by atoms with Crippen molar-refractivity contribution in [3.63, 3.8) is 0 Å². The van der Waals surface area contributed by atoms with Crippen molar-refractivity contribution in [2.24, 2.45) is 0 Å². The van der Waals surface area contributed by atoms with E-state index in [9.17, 15) is 0 Å². The number of anilines is 2. The fraction of sp³-hybridized carbons (Fsp3) is 0.231. The lowest BCUT2D eigenvalue weighted by Gasteiger charge is -2.15. The maximum Gasteiger partial charge on any atom is 0.199 e. The average Bonchev–Trinajstić information content (AvgIpc) is 2.34. The minimum Gasteiger partial charge on any atom is -0.490 e. The fourth-order valence-electron chi connectivity index (χ4n) is 1.85. The molecule has 1 aromatic carbocycles. The third kappa shape index (κ3) is 2.98. The zero-order valence-electron chi connectivity index (χ0n) is 10.8. The van der Waals surface area contributed by atoms with Gasteiger partial charge < -0.3 is 10.1 Å². The number of methoxy groups -OCH3 is 1. The highest BCUT2D eigenvalue weighted by molar-refractivity contribution is 9.10. The van der Waals surface area contributed by atoms with Gasteiger partial charge in [0.2, 0.25) is 0 Å². The summed E-state index contributed by atoms with van der Waals surface area (Å²) in [6, 6.07) is 4.06. The van der Waals surface area contributed by atoms with E-state index in [1.54, 1.807) is 0 Å². The number of benzene rings is 1. The van der Waals surface area contributed by atoms with Crippen LogP contribution in [0.25, 0.3) is 0 Å². The average molecular weight is 343 g/mol. The van der Waals surface area contributed by atoms with Crippen molar-refractivity contribution >= 4 is 39.0 Å². The molecule has 1 heterocycles. The van der Waals surface area contributed by atoms with E-state index in [1.165, 1.54) is 13.4 Å². The summed E-state index contributed by atoms with van der Waals surface area (Å²) >= 11 is 9.45. The zero-order chi connectivity index (χ0) is 14.0.